The summed E-state index contributed by atoms with van der Waals surface area (Å²) < 4.78 is 4.41. The molecule has 0 rings (SSSR count). The van der Waals surface area contributed by atoms with Crippen LogP contribution in [0.25, 0.3) is 0 Å². The van der Waals surface area contributed by atoms with Crippen LogP contribution >= 0.6 is 0 Å². The number of hydrogen-bond acceptors (Lipinski definition) is 3. The fourth-order valence-electron chi connectivity index (χ4n) is 0.282. The molecule has 0 radical (unpaired) electrons. The van der Waals surface area contributed by atoms with E-state index in [-0.39, 0.29) is 19.8 Å². The van der Waals surface area contributed by atoms with Gasteiger partial charge in [0.05, 0.1) is 0 Å². The van der Waals surface area contributed by atoms with Gasteiger partial charge in [-0.2, -0.15) is 0 Å². The number of carboxylic acids is 1. The van der Waals surface area contributed by atoms with Crippen LogP contribution in [0.2, 0.25) is 0 Å². The number of Topliss-reactive ketones (excluding diaryl/α,β-unsaturated/α-hetero) is 1. The van der Waals surface area contributed by atoms with Gasteiger partial charge < -0.3 is 9.84 Å². The first kappa shape index (κ1) is 11.8. The summed E-state index contributed by atoms with van der Waals surface area (Å²) in [6.07, 6.45) is 0. The Balaban J connectivity index is 0. The zero-order chi connectivity index (χ0) is 7.28. The molecule has 0 aliphatic heterocycles. The van der Waals surface area contributed by atoms with Gasteiger partial charge in [0.1, 0.15) is 13.2 Å². The third kappa shape index (κ3) is 10.2. The van der Waals surface area contributed by atoms with Crippen LogP contribution in [0.4, 0.5) is 0 Å². The molecule has 0 fully saturated rings. The minimum atomic E-state index is -1.06. The number of ketones is 1. The Morgan fingerprint density at radius 3 is 2.20 bits per heavy atom. The van der Waals surface area contributed by atoms with Crippen molar-refractivity contribution in [1.29, 1.82) is 0 Å². The lowest BCUT2D eigenvalue weighted by Gasteiger charge is -1.93. The maximum absolute atomic E-state index is 10.1. The van der Waals surface area contributed by atoms with Gasteiger partial charge in [0.2, 0.25) is 0 Å². The first-order valence-electron chi connectivity index (χ1n) is 2.42. The van der Waals surface area contributed by atoms with E-state index in [0.29, 0.717) is 0 Å². The monoisotopic (exact) mass is 148 g/mol. The Morgan fingerprint density at radius 1 is 1.40 bits per heavy atom. The standard InChI is InChI=1S/C5H8O4.CH4/c1-4(6)2-9-3-5(7)8;/h2-3H2,1H3,(H,7,8);1H4. The van der Waals surface area contributed by atoms with Crippen molar-refractivity contribution in [2.75, 3.05) is 13.2 Å². The largest absolute Gasteiger partial charge is 0.480 e. The van der Waals surface area contributed by atoms with Gasteiger partial charge >= 0.3 is 5.97 Å². The zero-order valence-corrected chi connectivity index (χ0v) is 5.09. The Morgan fingerprint density at radius 2 is 1.90 bits per heavy atom. The van der Waals surface area contributed by atoms with Gasteiger partial charge in [-0.1, -0.05) is 7.43 Å². The summed E-state index contributed by atoms with van der Waals surface area (Å²) in [7, 11) is 0. The fraction of sp³-hybridized carbons (Fsp3) is 0.667. The predicted molar refractivity (Wildman–Crippen MR) is 35.9 cm³/mol. The first-order valence-corrected chi connectivity index (χ1v) is 2.42. The van der Waals surface area contributed by atoms with Gasteiger partial charge in [0, 0.05) is 0 Å². The summed E-state index contributed by atoms with van der Waals surface area (Å²) in [5.74, 6) is -1.23. The molecule has 0 aromatic rings. The van der Waals surface area contributed by atoms with E-state index in [0.717, 1.165) is 0 Å². The second-order valence-corrected chi connectivity index (χ2v) is 1.59. The summed E-state index contributed by atoms with van der Waals surface area (Å²) in [6.45, 7) is 0.813. The predicted octanol–water partition coefficient (Wildman–Crippen LogP) is 0.313. The third-order valence-corrected chi connectivity index (χ3v) is 0.531. The van der Waals surface area contributed by atoms with E-state index >= 15 is 0 Å². The maximum atomic E-state index is 10.1. The van der Waals surface area contributed by atoms with E-state index in [1.807, 2.05) is 0 Å². The maximum Gasteiger partial charge on any atom is 0.329 e. The number of carbonyl (C=O) groups is 2. The minimum Gasteiger partial charge on any atom is -0.480 e. The molecule has 0 aromatic carbocycles. The molecular formula is C6H12O4. The number of carbonyl (C=O) groups excluding carboxylic acids is 1. The SMILES string of the molecule is C.CC(=O)COCC(=O)O. The fourth-order valence-corrected chi connectivity index (χ4v) is 0.282. The molecule has 0 aliphatic rings. The van der Waals surface area contributed by atoms with Crippen molar-refractivity contribution in [2.45, 2.75) is 14.4 Å². The average molecular weight is 148 g/mol. The second kappa shape index (κ2) is 6.22. The summed E-state index contributed by atoms with van der Waals surface area (Å²) in [6, 6.07) is 0. The lowest BCUT2D eigenvalue weighted by Crippen LogP contribution is -2.11. The van der Waals surface area contributed by atoms with E-state index in [1.54, 1.807) is 0 Å². The van der Waals surface area contributed by atoms with Crippen molar-refractivity contribution >= 4 is 11.8 Å². The molecule has 0 spiro atoms. The molecule has 0 aliphatic carbocycles. The Bertz CT molecular complexity index is 105. The van der Waals surface area contributed by atoms with Gasteiger partial charge in [-0.25, -0.2) is 4.79 Å². The number of carboxylic acid groups (broad SMARTS) is 1. The molecule has 0 amide bonds. The highest BCUT2D eigenvalue weighted by Gasteiger charge is 1.96. The Kier molecular flexibility index (Phi) is 7.37. The zero-order valence-electron chi connectivity index (χ0n) is 5.09. The molecule has 1 N–H and O–H groups in total. The van der Waals surface area contributed by atoms with Gasteiger partial charge in [-0.3, -0.25) is 4.79 Å². The van der Waals surface area contributed by atoms with E-state index in [9.17, 15) is 9.59 Å². The van der Waals surface area contributed by atoms with Crippen LogP contribution in [-0.4, -0.2) is 30.1 Å². The number of hydrogen-bond donors (Lipinski definition) is 1. The van der Waals surface area contributed by atoms with Crippen LogP contribution in [0.3, 0.4) is 0 Å². The normalized spacial score (nSPS) is 8.10. The molecule has 4 heteroatoms. The van der Waals surface area contributed by atoms with Crippen molar-refractivity contribution in [3.63, 3.8) is 0 Å². The van der Waals surface area contributed by atoms with E-state index in [2.05, 4.69) is 4.74 Å². The highest BCUT2D eigenvalue weighted by molar-refractivity contribution is 5.77. The van der Waals surface area contributed by atoms with E-state index in [4.69, 9.17) is 5.11 Å². The molecule has 0 unspecified atom stereocenters. The smallest absolute Gasteiger partial charge is 0.329 e. The molecule has 10 heavy (non-hydrogen) atoms. The summed E-state index contributed by atoms with van der Waals surface area (Å²) in [5.41, 5.74) is 0. The molecule has 0 saturated carbocycles. The van der Waals surface area contributed by atoms with Gasteiger partial charge in [-0.05, 0) is 6.92 Å². The molecule has 60 valence electrons. The number of aliphatic carboxylic acids is 1. The Hall–Kier alpha value is -0.900. The van der Waals surface area contributed by atoms with Crippen molar-refractivity contribution in [1.82, 2.24) is 0 Å². The van der Waals surface area contributed by atoms with Crippen LogP contribution in [0, 0.1) is 0 Å². The van der Waals surface area contributed by atoms with Crippen molar-refractivity contribution in [3.05, 3.63) is 0 Å². The van der Waals surface area contributed by atoms with Crippen LogP contribution < -0.4 is 0 Å². The van der Waals surface area contributed by atoms with Crippen LogP contribution in [0.5, 0.6) is 0 Å². The number of ether oxygens (including phenoxy) is 1. The van der Waals surface area contributed by atoms with Crippen molar-refractivity contribution in [2.24, 2.45) is 0 Å². The minimum absolute atomic E-state index is 0. The molecular weight excluding hydrogens is 136 g/mol. The van der Waals surface area contributed by atoms with Gasteiger partial charge in [0.15, 0.2) is 5.78 Å². The van der Waals surface area contributed by atoms with Gasteiger partial charge in [0.25, 0.3) is 0 Å². The Labute approximate surface area is 59.8 Å². The van der Waals surface area contributed by atoms with Crippen LogP contribution in [0.1, 0.15) is 14.4 Å². The van der Waals surface area contributed by atoms with E-state index < -0.39 is 12.6 Å². The van der Waals surface area contributed by atoms with Crippen molar-refractivity contribution in [3.8, 4) is 0 Å². The molecule has 0 heterocycles. The third-order valence-electron chi connectivity index (χ3n) is 0.531. The lowest BCUT2D eigenvalue weighted by molar-refractivity contribution is -0.143. The lowest BCUT2D eigenvalue weighted by atomic mass is 10.5. The van der Waals surface area contributed by atoms with Crippen LogP contribution in [0.15, 0.2) is 0 Å². The molecule has 0 atom stereocenters. The molecule has 4 nitrogen and oxygen atoms in total. The quantitative estimate of drug-likeness (QED) is 0.623. The molecule has 0 bridgehead atoms. The second-order valence-electron chi connectivity index (χ2n) is 1.59. The van der Waals surface area contributed by atoms with Crippen molar-refractivity contribution < 1.29 is 19.4 Å². The van der Waals surface area contributed by atoms with Gasteiger partial charge in [-0.15, -0.1) is 0 Å². The molecule has 0 aromatic heterocycles. The molecule has 0 saturated heterocycles. The first-order chi connectivity index (χ1) is 4.13. The number of rotatable bonds is 4. The topological polar surface area (TPSA) is 63.6 Å². The summed E-state index contributed by atoms with van der Waals surface area (Å²) >= 11 is 0. The highest BCUT2D eigenvalue weighted by Crippen LogP contribution is 1.75. The highest BCUT2D eigenvalue weighted by atomic mass is 16.5. The summed E-state index contributed by atoms with van der Waals surface area (Å²) in [5, 5.41) is 7.99. The average Bonchev–Trinajstić information content (AvgIpc) is 1.63. The summed E-state index contributed by atoms with van der Waals surface area (Å²) in [4.78, 5) is 19.9. The van der Waals surface area contributed by atoms with E-state index in [1.165, 1.54) is 6.92 Å². The van der Waals surface area contributed by atoms with Crippen LogP contribution in [-0.2, 0) is 14.3 Å².